The molecular formula is C18H16ClFN2O5S. The Kier molecular flexibility index (Phi) is 6.15. The number of nitrogens with zero attached hydrogens (tertiary/aromatic N) is 2. The van der Waals surface area contributed by atoms with Crippen molar-refractivity contribution in [3.63, 3.8) is 0 Å². The van der Waals surface area contributed by atoms with E-state index in [0.717, 1.165) is 0 Å². The van der Waals surface area contributed by atoms with E-state index >= 15 is 0 Å². The smallest absolute Gasteiger partial charge is 0.426 e. The standard InChI is InChI=1S/C18H16ClFN2O5S/c19-16-9-5-4-8-15(16)17-21-10-14(27-17)11-22(28(20,24)25)18(23)26-12-13-6-2-1-3-7-13/h1-9,14H,10-12H2/t14-/m0/s1. The average Bonchev–Trinajstić information content (AvgIpc) is 3.13. The predicted octanol–water partition coefficient (Wildman–Crippen LogP) is 3.34. The predicted molar refractivity (Wildman–Crippen MR) is 101 cm³/mol. The van der Waals surface area contributed by atoms with Crippen LogP contribution in [0.4, 0.5) is 8.68 Å². The minimum atomic E-state index is -5.34. The second kappa shape index (κ2) is 8.57. The third kappa shape index (κ3) is 4.99. The van der Waals surface area contributed by atoms with Crippen LogP contribution in [0.5, 0.6) is 0 Å². The Labute approximate surface area is 166 Å². The molecule has 28 heavy (non-hydrogen) atoms. The number of aliphatic imine (C=N–C) groups is 1. The van der Waals surface area contributed by atoms with E-state index in [1.54, 1.807) is 54.6 Å². The van der Waals surface area contributed by atoms with Gasteiger partial charge in [0.1, 0.15) is 12.7 Å². The van der Waals surface area contributed by atoms with Gasteiger partial charge < -0.3 is 9.47 Å². The Balaban J connectivity index is 1.64. The quantitative estimate of drug-likeness (QED) is 0.661. The maximum atomic E-state index is 13.7. The Morgan fingerprint density at radius 3 is 2.57 bits per heavy atom. The summed E-state index contributed by atoms with van der Waals surface area (Å²) in [7, 11) is -5.34. The number of benzene rings is 2. The van der Waals surface area contributed by atoms with Crippen molar-refractivity contribution in [1.82, 2.24) is 4.31 Å². The molecular weight excluding hydrogens is 411 g/mol. The summed E-state index contributed by atoms with van der Waals surface area (Å²) in [5.74, 6) is 0.199. The topological polar surface area (TPSA) is 85.3 Å². The second-order valence-corrected chi connectivity index (χ2v) is 7.55. The minimum Gasteiger partial charge on any atom is -0.470 e. The molecule has 0 N–H and O–H groups in total. The number of rotatable bonds is 6. The molecule has 10 heteroatoms. The molecule has 2 aromatic carbocycles. The van der Waals surface area contributed by atoms with Gasteiger partial charge in [-0.3, -0.25) is 0 Å². The van der Waals surface area contributed by atoms with Crippen LogP contribution in [0.1, 0.15) is 11.1 Å². The Hall–Kier alpha value is -2.65. The van der Waals surface area contributed by atoms with Crippen molar-refractivity contribution in [1.29, 1.82) is 0 Å². The number of carbonyl (C=O) groups is 1. The van der Waals surface area contributed by atoms with Crippen molar-refractivity contribution in [2.24, 2.45) is 4.99 Å². The molecule has 3 rings (SSSR count). The zero-order valence-electron chi connectivity index (χ0n) is 14.5. The molecule has 0 saturated carbocycles. The summed E-state index contributed by atoms with van der Waals surface area (Å²) in [5.41, 5.74) is 1.15. The first-order valence-corrected chi connectivity index (χ1v) is 9.95. The molecule has 148 valence electrons. The lowest BCUT2D eigenvalue weighted by atomic mass is 10.2. The molecule has 1 aliphatic heterocycles. The van der Waals surface area contributed by atoms with Gasteiger partial charge in [-0.2, -0.15) is 12.7 Å². The Bertz CT molecular complexity index is 984. The van der Waals surface area contributed by atoms with E-state index in [9.17, 15) is 17.1 Å². The highest BCUT2D eigenvalue weighted by atomic mass is 35.5. The van der Waals surface area contributed by atoms with Crippen LogP contribution in [-0.4, -0.2) is 43.9 Å². The molecule has 0 saturated heterocycles. The largest absolute Gasteiger partial charge is 0.470 e. The van der Waals surface area contributed by atoms with Crippen LogP contribution >= 0.6 is 11.6 Å². The summed E-state index contributed by atoms with van der Waals surface area (Å²) < 4.78 is 46.9. The average molecular weight is 427 g/mol. The van der Waals surface area contributed by atoms with E-state index in [2.05, 4.69) is 4.99 Å². The molecule has 0 aromatic heterocycles. The van der Waals surface area contributed by atoms with Gasteiger partial charge in [0.15, 0.2) is 0 Å². The van der Waals surface area contributed by atoms with Crippen LogP contribution in [-0.2, 0) is 26.5 Å². The van der Waals surface area contributed by atoms with Crippen molar-refractivity contribution >= 4 is 34.0 Å². The van der Waals surface area contributed by atoms with E-state index < -0.39 is 29.2 Å². The van der Waals surface area contributed by atoms with Crippen molar-refractivity contribution in [2.75, 3.05) is 13.1 Å². The highest BCUT2D eigenvalue weighted by Gasteiger charge is 2.34. The molecule has 0 bridgehead atoms. The molecule has 0 fully saturated rings. The summed E-state index contributed by atoms with van der Waals surface area (Å²) in [6.45, 7) is -0.735. The van der Waals surface area contributed by atoms with Crippen LogP contribution in [0.2, 0.25) is 5.02 Å². The number of carbonyl (C=O) groups excluding carboxylic acids is 1. The number of ether oxygens (including phenoxy) is 2. The van der Waals surface area contributed by atoms with Crippen LogP contribution in [0.15, 0.2) is 59.6 Å². The summed E-state index contributed by atoms with van der Waals surface area (Å²) in [4.78, 5) is 16.3. The van der Waals surface area contributed by atoms with Crippen LogP contribution in [0, 0.1) is 0 Å². The number of hydrogen-bond donors (Lipinski definition) is 0. The lowest BCUT2D eigenvalue weighted by molar-refractivity contribution is 0.104. The van der Waals surface area contributed by atoms with E-state index in [0.29, 0.717) is 16.1 Å². The highest BCUT2D eigenvalue weighted by molar-refractivity contribution is 7.84. The third-order valence-corrected chi connectivity index (χ3v) is 5.02. The van der Waals surface area contributed by atoms with Gasteiger partial charge in [-0.1, -0.05) is 58.0 Å². The van der Waals surface area contributed by atoms with Crippen molar-refractivity contribution < 1.29 is 26.6 Å². The second-order valence-electron chi connectivity index (χ2n) is 5.88. The van der Waals surface area contributed by atoms with E-state index in [1.807, 2.05) is 0 Å². The molecule has 1 heterocycles. The Morgan fingerprint density at radius 1 is 1.21 bits per heavy atom. The molecule has 1 atom stereocenters. The molecule has 1 aliphatic rings. The first kappa shape index (κ1) is 20.1. The monoisotopic (exact) mass is 426 g/mol. The van der Waals surface area contributed by atoms with Gasteiger partial charge in [0.05, 0.1) is 23.7 Å². The number of hydrogen-bond acceptors (Lipinski definition) is 6. The Morgan fingerprint density at radius 2 is 1.89 bits per heavy atom. The number of amides is 1. The molecule has 2 aromatic rings. The van der Waals surface area contributed by atoms with Gasteiger partial charge in [0.25, 0.3) is 0 Å². The third-order valence-electron chi connectivity index (χ3n) is 3.86. The molecule has 0 radical (unpaired) electrons. The fourth-order valence-electron chi connectivity index (χ4n) is 2.52. The lowest BCUT2D eigenvalue weighted by Crippen LogP contribution is -2.41. The van der Waals surface area contributed by atoms with E-state index in [4.69, 9.17) is 21.1 Å². The zero-order valence-corrected chi connectivity index (χ0v) is 16.1. The fourth-order valence-corrected chi connectivity index (χ4v) is 3.32. The van der Waals surface area contributed by atoms with Gasteiger partial charge in [0, 0.05) is 0 Å². The summed E-state index contributed by atoms with van der Waals surface area (Å²) in [5, 5.41) is 0.402. The highest BCUT2D eigenvalue weighted by Crippen LogP contribution is 2.21. The fraction of sp³-hybridized carbons (Fsp3) is 0.222. The summed E-state index contributed by atoms with van der Waals surface area (Å²) in [6, 6.07) is 15.4. The van der Waals surface area contributed by atoms with Crippen molar-refractivity contribution in [3.8, 4) is 0 Å². The molecule has 0 aliphatic carbocycles. The normalized spacial score (nSPS) is 16.2. The van der Waals surface area contributed by atoms with Crippen molar-refractivity contribution in [3.05, 3.63) is 70.7 Å². The zero-order chi connectivity index (χ0) is 20.1. The summed E-state index contributed by atoms with van der Waals surface area (Å²) in [6.07, 6.45) is -2.19. The number of halogens is 2. The van der Waals surface area contributed by atoms with Crippen LogP contribution < -0.4 is 0 Å². The molecule has 1 amide bonds. The maximum Gasteiger partial charge on any atom is 0.426 e. The van der Waals surface area contributed by atoms with Gasteiger partial charge in [-0.25, -0.2) is 9.79 Å². The SMILES string of the molecule is O=C(OCc1ccccc1)N(C[C@@H]1CN=C(c2ccccc2Cl)O1)S(=O)(=O)F. The van der Waals surface area contributed by atoms with Gasteiger partial charge >= 0.3 is 16.5 Å². The van der Waals surface area contributed by atoms with Crippen molar-refractivity contribution in [2.45, 2.75) is 12.7 Å². The first-order chi connectivity index (χ1) is 13.3. The molecule has 0 unspecified atom stereocenters. The summed E-state index contributed by atoms with van der Waals surface area (Å²) >= 11 is 6.08. The van der Waals surface area contributed by atoms with Gasteiger partial charge in [-0.15, -0.1) is 0 Å². The maximum absolute atomic E-state index is 13.7. The van der Waals surface area contributed by atoms with Crippen LogP contribution in [0.3, 0.4) is 0 Å². The van der Waals surface area contributed by atoms with Crippen LogP contribution in [0.25, 0.3) is 0 Å². The van der Waals surface area contributed by atoms with E-state index in [-0.39, 0.29) is 23.4 Å². The first-order valence-electron chi connectivity index (χ1n) is 8.23. The molecule has 7 nitrogen and oxygen atoms in total. The van der Waals surface area contributed by atoms with Gasteiger partial charge in [-0.05, 0) is 17.7 Å². The van der Waals surface area contributed by atoms with Gasteiger partial charge in [0.2, 0.25) is 5.90 Å². The minimum absolute atomic E-state index is 0.00827. The molecule has 0 spiro atoms. The van der Waals surface area contributed by atoms with E-state index in [1.165, 1.54) is 0 Å². The lowest BCUT2D eigenvalue weighted by Gasteiger charge is -2.20.